The molecule has 1 saturated heterocycles. The normalized spacial score (nSPS) is 14.2. The smallest absolute Gasteiger partial charge is 0.126 e. The molecule has 4 rings (SSSR count). The van der Waals surface area contributed by atoms with Gasteiger partial charge >= 0.3 is 0 Å². The number of ether oxygens (including phenoxy) is 1. The van der Waals surface area contributed by atoms with E-state index in [1.807, 2.05) is 48.6 Å². The molecular formula is C24H24BrClN2O2. The van der Waals surface area contributed by atoms with Crippen molar-refractivity contribution < 1.29 is 9.15 Å². The van der Waals surface area contributed by atoms with Crippen molar-refractivity contribution in [1.29, 1.82) is 0 Å². The van der Waals surface area contributed by atoms with Gasteiger partial charge in [-0.25, -0.2) is 0 Å². The van der Waals surface area contributed by atoms with Crippen LogP contribution in [0.1, 0.15) is 22.5 Å². The Morgan fingerprint density at radius 2 is 2.07 bits per heavy atom. The predicted molar refractivity (Wildman–Crippen MR) is 126 cm³/mol. The van der Waals surface area contributed by atoms with E-state index in [0.717, 1.165) is 59.2 Å². The molecule has 4 nitrogen and oxygen atoms in total. The summed E-state index contributed by atoms with van der Waals surface area (Å²) in [7, 11) is 0. The van der Waals surface area contributed by atoms with Crippen molar-refractivity contribution in [3.05, 3.63) is 86.7 Å². The van der Waals surface area contributed by atoms with Gasteiger partial charge in [-0.05, 0) is 59.5 Å². The Labute approximate surface area is 190 Å². The van der Waals surface area contributed by atoms with Crippen molar-refractivity contribution in [3.63, 3.8) is 0 Å². The van der Waals surface area contributed by atoms with Gasteiger partial charge in [0.25, 0.3) is 0 Å². The van der Waals surface area contributed by atoms with E-state index in [9.17, 15) is 0 Å². The lowest BCUT2D eigenvalue weighted by molar-refractivity contribution is 0.304. The fourth-order valence-electron chi connectivity index (χ4n) is 3.25. The highest BCUT2D eigenvalue weighted by atomic mass is 79.9. The molecule has 0 spiro atoms. The molecule has 0 aliphatic carbocycles. The van der Waals surface area contributed by atoms with Gasteiger partial charge in [-0.15, -0.1) is 0 Å². The van der Waals surface area contributed by atoms with Gasteiger partial charge in [0, 0.05) is 41.2 Å². The van der Waals surface area contributed by atoms with Crippen LogP contribution in [0, 0.1) is 5.92 Å². The summed E-state index contributed by atoms with van der Waals surface area (Å²) in [6.07, 6.45) is 5.68. The Bertz CT molecular complexity index is 1000. The van der Waals surface area contributed by atoms with Crippen molar-refractivity contribution in [3.8, 4) is 5.75 Å². The molecule has 2 aromatic carbocycles. The fourth-order valence-corrected chi connectivity index (χ4v) is 4.04. The second kappa shape index (κ2) is 10.3. The standard InChI is InChI=1S/C24H24BrClN2O2/c25-24-11-21(26)5-4-20(24)16-30-23-9-17(3-6-22-2-1-7-29-22)8-18(10-23)12-27-13-19-14-28-15-19/h1-11,19,27-28H,12-16H2/b6-3+. The molecule has 1 aliphatic heterocycles. The van der Waals surface area contributed by atoms with Gasteiger partial charge in [-0.1, -0.05) is 45.7 Å². The monoisotopic (exact) mass is 486 g/mol. The molecule has 6 heteroatoms. The van der Waals surface area contributed by atoms with Gasteiger partial charge in [0.2, 0.25) is 0 Å². The van der Waals surface area contributed by atoms with Gasteiger partial charge in [-0.3, -0.25) is 0 Å². The maximum Gasteiger partial charge on any atom is 0.126 e. The molecule has 2 heterocycles. The predicted octanol–water partition coefficient (Wildman–Crippen LogP) is 5.75. The first-order valence-corrected chi connectivity index (χ1v) is 11.2. The van der Waals surface area contributed by atoms with E-state index in [-0.39, 0.29) is 0 Å². The highest BCUT2D eigenvalue weighted by molar-refractivity contribution is 9.10. The molecule has 0 radical (unpaired) electrons. The molecule has 1 aromatic heterocycles. The molecule has 0 bridgehead atoms. The minimum atomic E-state index is 0.462. The van der Waals surface area contributed by atoms with Gasteiger partial charge in [-0.2, -0.15) is 0 Å². The molecule has 0 saturated carbocycles. The lowest BCUT2D eigenvalue weighted by atomic mass is 10.0. The van der Waals surface area contributed by atoms with Gasteiger partial charge in [0.05, 0.1) is 6.26 Å². The minimum absolute atomic E-state index is 0.462. The van der Waals surface area contributed by atoms with Crippen LogP contribution in [0.15, 0.2) is 63.7 Å². The lowest BCUT2D eigenvalue weighted by Gasteiger charge is -2.27. The van der Waals surface area contributed by atoms with E-state index in [1.54, 1.807) is 6.26 Å². The number of furan rings is 1. The summed E-state index contributed by atoms with van der Waals surface area (Å²) in [6, 6.07) is 15.9. The van der Waals surface area contributed by atoms with Crippen LogP contribution < -0.4 is 15.4 Å². The molecular weight excluding hydrogens is 464 g/mol. The van der Waals surface area contributed by atoms with Crippen LogP contribution in [0.5, 0.6) is 5.75 Å². The van der Waals surface area contributed by atoms with E-state index in [4.69, 9.17) is 20.8 Å². The summed E-state index contributed by atoms with van der Waals surface area (Å²) in [4.78, 5) is 0. The fraction of sp³-hybridized carbons (Fsp3) is 0.250. The minimum Gasteiger partial charge on any atom is -0.489 e. The third-order valence-electron chi connectivity index (χ3n) is 5.01. The van der Waals surface area contributed by atoms with Crippen LogP contribution in [-0.4, -0.2) is 19.6 Å². The summed E-state index contributed by atoms with van der Waals surface area (Å²) >= 11 is 9.60. The van der Waals surface area contributed by atoms with Crippen LogP contribution in [0.25, 0.3) is 12.2 Å². The number of halogens is 2. The van der Waals surface area contributed by atoms with E-state index in [1.165, 1.54) is 5.56 Å². The van der Waals surface area contributed by atoms with E-state index in [2.05, 4.69) is 38.7 Å². The number of hydrogen-bond acceptors (Lipinski definition) is 4. The lowest BCUT2D eigenvalue weighted by Crippen LogP contribution is -2.47. The second-order valence-corrected chi connectivity index (χ2v) is 8.73. The average Bonchev–Trinajstić information content (AvgIpc) is 3.21. The molecule has 2 N–H and O–H groups in total. The van der Waals surface area contributed by atoms with Crippen molar-refractivity contribution in [2.24, 2.45) is 5.92 Å². The third-order valence-corrected chi connectivity index (χ3v) is 5.98. The van der Waals surface area contributed by atoms with Crippen molar-refractivity contribution >= 4 is 39.7 Å². The summed E-state index contributed by atoms with van der Waals surface area (Å²) in [5.41, 5.74) is 3.31. The van der Waals surface area contributed by atoms with Gasteiger partial charge in [0.1, 0.15) is 18.1 Å². The molecule has 1 fully saturated rings. The zero-order valence-electron chi connectivity index (χ0n) is 16.5. The number of hydrogen-bond donors (Lipinski definition) is 2. The van der Waals surface area contributed by atoms with Crippen LogP contribution in [0.3, 0.4) is 0 Å². The van der Waals surface area contributed by atoms with Crippen LogP contribution >= 0.6 is 27.5 Å². The first-order chi connectivity index (χ1) is 14.7. The van der Waals surface area contributed by atoms with Crippen molar-refractivity contribution in [2.75, 3.05) is 19.6 Å². The maximum absolute atomic E-state index is 6.12. The molecule has 156 valence electrons. The summed E-state index contributed by atoms with van der Waals surface area (Å²) in [6.45, 7) is 4.49. The van der Waals surface area contributed by atoms with Crippen molar-refractivity contribution in [2.45, 2.75) is 13.2 Å². The molecule has 0 amide bonds. The van der Waals surface area contributed by atoms with E-state index >= 15 is 0 Å². The Kier molecular flexibility index (Phi) is 7.28. The van der Waals surface area contributed by atoms with Gasteiger partial charge in [0.15, 0.2) is 0 Å². The maximum atomic E-state index is 6.12. The molecule has 3 aromatic rings. The number of benzene rings is 2. The first kappa shape index (κ1) is 21.2. The van der Waals surface area contributed by atoms with Crippen LogP contribution in [0.2, 0.25) is 5.02 Å². The number of rotatable bonds is 9. The molecule has 30 heavy (non-hydrogen) atoms. The highest BCUT2D eigenvalue weighted by Gasteiger charge is 2.15. The third kappa shape index (κ3) is 5.99. The second-order valence-electron chi connectivity index (χ2n) is 7.44. The molecule has 1 aliphatic rings. The Morgan fingerprint density at radius 1 is 1.17 bits per heavy atom. The average molecular weight is 488 g/mol. The summed E-state index contributed by atoms with van der Waals surface area (Å²) in [5.74, 6) is 2.38. The molecule has 0 atom stereocenters. The Balaban J connectivity index is 1.47. The van der Waals surface area contributed by atoms with Gasteiger partial charge < -0.3 is 19.8 Å². The van der Waals surface area contributed by atoms with E-state index in [0.29, 0.717) is 11.6 Å². The largest absolute Gasteiger partial charge is 0.489 e. The SMILES string of the molecule is Clc1ccc(COc2cc(/C=C/c3ccco3)cc(CNCC3CNC3)c2)c(Br)c1. The van der Waals surface area contributed by atoms with Crippen molar-refractivity contribution in [1.82, 2.24) is 10.6 Å². The first-order valence-electron chi connectivity index (χ1n) is 9.99. The van der Waals surface area contributed by atoms with Crippen LogP contribution in [0.4, 0.5) is 0 Å². The highest BCUT2D eigenvalue weighted by Crippen LogP contribution is 2.25. The zero-order valence-corrected chi connectivity index (χ0v) is 18.9. The number of nitrogens with one attached hydrogen (secondary N) is 2. The quantitative estimate of drug-likeness (QED) is 0.403. The zero-order chi connectivity index (χ0) is 20.8. The van der Waals surface area contributed by atoms with Crippen LogP contribution in [-0.2, 0) is 13.2 Å². The topological polar surface area (TPSA) is 46.4 Å². The summed E-state index contributed by atoms with van der Waals surface area (Å²) in [5, 5.41) is 7.56. The Morgan fingerprint density at radius 3 is 2.80 bits per heavy atom. The Hall–Kier alpha value is -2.05. The van der Waals surface area contributed by atoms with E-state index < -0.39 is 0 Å². The summed E-state index contributed by atoms with van der Waals surface area (Å²) < 4.78 is 12.5. The molecule has 0 unspecified atom stereocenters.